The SMILES string of the molecule is Clc1cccc(OCCN2CCCNc3ccccc32)c1. The van der Waals surface area contributed by atoms with Crippen LogP contribution in [0.4, 0.5) is 11.4 Å². The zero-order valence-corrected chi connectivity index (χ0v) is 12.6. The van der Waals surface area contributed by atoms with Gasteiger partial charge < -0.3 is 15.0 Å². The highest BCUT2D eigenvalue weighted by molar-refractivity contribution is 6.30. The van der Waals surface area contributed by atoms with Crippen LogP contribution in [0.5, 0.6) is 5.75 Å². The van der Waals surface area contributed by atoms with Crippen LogP contribution in [-0.2, 0) is 0 Å². The number of anilines is 2. The average Bonchev–Trinajstić information content (AvgIpc) is 2.70. The van der Waals surface area contributed by atoms with Gasteiger partial charge in [-0.1, -0.05) is 29.8 Å². The third-order valence-electron chi connectivity index (χ3n) is 3.59. The Kier molecular flexibility index (Phi) is 4.51. The van der Waals surface area contributed by atoms with Gasteiger partial charge >= 0.3 is 0 Å². The number of rotatable bonds is 4. The van der Waals surface area contributed by atoms with Gasteiger partial charge in [0.15, 0.2) is 0 Å². The highest BCUT2D eigenvalue weighted by Gasteiger charge is 2.14. The van der Waals surface area contributed by atoms with Gasteiger partial charge in [-0.05, 0) is 36.8 Å². The van der Waals surface area contributed by atoms with E-state index >= 15 is 0 Å². The van der Waals surface area contributed by atoms with E-state index in [0.717, 1.165) is 31.8 Å². The minimum Gasteiger partial charge on any atom is -0.492 e. The van der Waals surface area contributed by atoms with Crippen LogP contribution in [0.25, 0.3) is 0 Å². The van der Waals surface area contributed by atoms with Crippen molar-refractivity contribution in [1.29, 1.82) is 0 Å². The molecule has 1 aliphatic rings. The highest BCUT2D eigenvalue weighted by atomic mass is 35.5. The second-order valence-corrected chi connectivity index (χ2v) is 5.53. The quantitative estimate of drug-likeness (QED) is 0.922. The molecule has 0 unspecified atom stereocenters. The van der Waals surface area contributed by atoms with Crippen LogP contribution in [0.1, 0.15) is 6.42 Å². The van der Waals surface area contributed by atoms with Crippen molar-refractivity contribution in [2.75, 3.05) is 36.5 Å². The number of nitrogens with zero attached hydrogens (tertiary/aromatic N) is 1. The zero-order valence-electron chi connectivity index (χ0n) is 11.9. The van der Waals surface area contributed by atoms with Gasteiger partial charge in [0.2, 0.25) is 0 Å². The molecule has 1 aliphatic heterocycles. The second kappa shape index (κ2) is 6.72. The van der Waals surface area contributed by atoms with Gasteiger partial charge in [-0.25, -0.2) is 0 Å². The summed E-state index contributed by atoms with van der Waals surface area (Å²) in [6.07, 6.45) is 1.13. The molecular formula is C17H19ClN2O. The summed E-state index contributed by atoms with van der Waals surface area (Å²) in [6, 6.07) is 16.0. The minimum atomic E-state index is 0.647. The maximum absolute atomic E-state index is 5.96. The van der Waals surface area contributed by atoms with E-state index in [1.54, 1.807) is 0 Å². The number of halogens is 1. The van der Waals surface area contributed by atoms with Gasteiger partial charge in [-0.2, -0.15) is 0 Å². The van der Waals surface area contributed by atoms with E-state index in [0.29, 0.717) is 11.6 Å². The van der Waals surface area contributed by atoms with Crippen molar-refractivity contribution in [2.45, 2.75) is 6.42 Å². The van der Waals surface area contributed by atoms with E-state index in [9.17, 15) is 0 Å². The number of ether oxygens (including phenoxy) is 1. The number of nitrogens with one attached hydrogen (secondary N) is 1. The fraction of sp³-hybridized carbons (Fsp3) is 0.294. The fourth-order valence-electron chi connectivity index (χ4n) is 2.58. The summed E-state index contributed by atoms with van der Waals surface area (Å²) >= 11 is 5.96. The monoisotopic (exact) mass is 302 g/mol. The number of hydrogen-bond donors (Lipinski definition) is 1. The summed E-state index contributed by atoms with van der Waals surface area (Å²) in [4.78, 5) is 2.37. The maximum atomic E-state index is 5.96. The van der Waals surface area contributed by atoms with Crippen molar-refractivity contribution in [3.8, 4) is 5.75 Å². The summed E-state index contributed by atoms with van der Waals surface area (Å²) in [7, 11) is 0. The van der Waals surface area contributed by atoms with Crippen molar-refractivity contribution in [3.63, 3.8) is 0 Å². The molecule has 4 heteroatoms. The van der Waals surface area contributed by atoms with E-state index in [-0.39, 0.29) is 0 Å². The largest absolute Gasteiger partial charge is 0.492 e. The van der Waals surface area contributed by atoms with Crippen molar-refractivity contribution in [1.82, 2.24) is 0 Å². The normalized spacial score (nSPS) is 14.0. The lowest BCUT2D eigenvalue weighted by atomic mass is 10.2. The van der Waals surface area contributed by atoms with E-state index in [1.165, 1.54) is 11.4 Å². The van der Waals surface area contributed by atoms with E-state index in [1.807, 2.05) is 24.3 Å². The molecule has 0 saturated heterocycles. The molecule has 1 heterocycles. The molecule has 110 valence electrons. The Balaban J connectivity index is 1.62. The van der Waals surface area contributed by atoms with Gasteiger partial charge in [-0.3, -0.25) is 0 Å². The summed E-state index contributed by atoms with van der Waals surface area (Å²) in [6.45, 7) is 3.57. The summed E-state index contributed by atoms with van der Waals surface area (Å²) < 4.78 is 5.80. The number of para-hydroxylation sites is 2. The fourth-order valence-corrected chi connectivity index (χ4v) is 2.76. The Morgan fingerprint density at radius 3 is 2.95 bits per heavy atom. The molecule has 0 amide bonds. The van der Waals surface area contributed by atoms with Crippen LogP contribution in [0.15, 0.2) is 48.5 Å². The Bertz CT molecular complexity index is 603. The third-order valence-corrected chi connectivity index (χ3v) is 3.83. The lowest BCUT2D eigenvalue weighted by molar-refractivity contribution is 0.324. The molecule has 0 atom stereocenters. The Morgan fingerprint density at radius 1 is 1.14 bits per heavy atom. The van der Waals surface area contributed by atoms with E-state index in [2.05, 4.69) is 34.5 Å². The smallest absolute Gasteiger partial charge is 0.120 e. The predicted molar refractivity (Wildman–Crippen MR) is 88.7 cm³/mol. The molecule has 21 heavy (non-hydrogen) atoms. The van der Waals surface area contributed by atoms with Crippen molar-refractivity contribution in [2.24, 2.45) is 0 Å². The first kappa shape index (κ1) is 14.1. The first-order valence-electron chi connectivity index (χ1n) is 7.29. The standard InChI is InChI=1S/C17H19ClN2O/c18-14-5-3-6-15(13-14)21-12-11-20-10-4-9-19-16-7-1-2-8-17(16)20/h1-3,5-8,13,19H,4,9-12H2. The first-order chi connectivity index (χ1) is 10.3. The molecule has 0 spiro atoms. The average molecular weight is 303 g/mol. The molecule has 3 rings (SSSR count). The first-order valence-corrected chi connectivity index (χ1v) is 7.67. The predicted octanol–water partition coefficient (Wildman–Crippen LogP) is 4.04. The molecule has 0 saturated carbocycles. The number of benzene rings is 2. The minimum absolute atomic E-state index is 0.647. The third kappa shape index (κ3) is 3.61. The Morgan fingerprint density at radius 2 is 2.05 bits per heavy atom. The van der Waals surface area contributed by atoms with Gasteiger partial charge in [0.25, 0.3) is 0 Å². The number of fused-ring (bicyclic) bond motifs is 1. The summed E-state index contributed by atoms with van der Waals surface area (Å²) in [5.74, 6) is 0.823. The van der Waals surface area contributed by atoms with Crippen molar-refractivity contribution in [3.05, 3.63) is 53.6 Å². The molecule has 0 radical (unpaired) electrons. The van der Waals surface area contributed by atoms with Gasteiger partial charge in [0.05, 0.1) is 17.9 Å². The van der Waals surface area contributed by atoms with Crippen LogP contribution in [-0.4, -0.2) is 26.2 Å². The van der Waals surface area contributed by atoms with Crippen molar-refractivity contribution < 1.29 is 4.74 Å². The molecule has 2 aromatic carbocycles. The topological polar surface area (TPSA) is 24.5 Å². The molecule has 0 aliphatic carbocycles. The maximum Gasteiger partial charge on any atom is 0.120 e. The summed E-state index contributed by atoms with van der Waals surface area (Å²) in [5, 5.41) is 4.18. The molecule has 1 N–H and O–H groups in total. The van der Waals surface area contributed by atoms with Crippen molar-refractivity contribution >= 4 is 23.0 Å². The van der Waals surface area contributed by atoms with Crippen LogP contribution < -0.4 is 15.0 Å². The van der Waals surface area contributed by atoms with E-state index < -0.39 is 0 Å². The lowest BCUT2D eigenvalue weighted by Crippen LogP contribution is -2.28. The van der Waals surface area contributed by atoms with Gasteiger partial charge in [0, 0.05) is 18.1 Å². The Labute approximate surface area is 130 Å². The Hall–Kier alpha value is -1.87. The number of hydrogen-bond acceptors (Lipinski definition) is 3. The van der Waals surface area contributed by atoms with Crippen LogP contribution in [0.2, 0.25) is 5.02 Å². The molecule has 0 fully saturated rings. The van der Waals surface area contributed by atoms with Gasteiger partial charge in [-0.15, -0.1) is 0 Å². The van der Waals surface area contributed by atoms with Crippen LogP contribution in [0.3, 0.4) is 0 Å². The molecular weight excluding hydrogens is 284 g/mol. The lowest BCUT2D eigenvalue weighted by Gasteiger charge is -2.24. The molecule has 2 aromatic rings. The summed E-state index contributed by atoms with van der Waals surface area (Å²) in [5.41, 5.74) is 2.46. The molecule has 0 aromatic heterocycles. The van der Waals surface area contributed by atoms with Crippen LogP contribution in [0, 0.1) is 0 Å². The van der Waals surface area contributed by atoms with E-state index in [4.69, 9.17) is 16.3 Å². The zero-order chi connectivity index (χ0) is 14.5. The second-order valence-electron chi connectivity index (χ2n) is 5.09. The molecule has 0 bridgehead atoms. The highest BCUT2D eigenvalue weighted by Crippen LogP contribution is 2.27. The van der Waals surface area contributed by atoms with Crippen LogP contribution >= 0.6 is 11.6 Å². The van der Waals surface area contributed by atoms with Gasteiger partial charge in [0.1, 0.15) is 12.4 Å². The molecule has 3 nitrogen and oxygen atoms in total.